The summed E-state index contributed by atoms with van der Waals surface area (Å²) in [6, 6.07) is 4.49. The van der Waals surface area contributed by atoms with Gasteiger partial charge in [0.1, 0.15) is 6.61 Å². The van der Waals surface area contributed by atoms with Crippen LogP contribution in [0.15, 0.2) is 22.7 Å². The fraction of sp³-hybridized carbons (Fsp3) is 0.333. The van der Waals surface area contributed by atoms with Crippen molar-refractivity contribution in [3.63, 3.8) is 0 Å². The van der Waals surface area contributed by atoms with E-state index in [1.807, 2.05) is 0 Å². The van der Waals surface area contributed by atoms with E-state index in [-0.39, 0.29) is 18.0 Å². The highest BCUT2D eigenvalue weighted by atomic mass is 79.9. The van der Waals surface area contributed by atoms with Crippen molar-refractivity contribution in [3.8, 4) is 5.75 Å². The Morgan fingerprint density at radius 3 is 2.87 bits per heavy atom. The molecule has 0 aliphatic rings. The Bertz CT molecular complexity index is 367. The van der Waals surface area contributed by atoms with Crippen LogP contribution in [0, 0.1) is 10.1 Å². The zero-order valence-corrected chi connectivity index (χ0v) is 9.60. The Hall–Kier alpha value is -1.14. The molecular formula is C9H10BrNO4. The first-order chi connectivity index (χ1) is 7.00. The molecule has 1 aromatic rings. The summed E-state index contributed by atoms with van der Waals surface area (Å²) in [7, 11) is 0. The molecule has 1 rings (SSSR count). The van der Waals surface area contributed by atoms with Gasteiger partial charge in [-0.05, 0) is 19.1 Å². The average Bonchev–Trinajstić information content (AvgIpc) is 2.15. The number of halogens is 1. The lowest BCUT2D eigenvalue weighted by Crippen LogP contribution is -2.13. The number of ether oxygens (including phenoxy) is 1. The Morgan fingerprint density at radius 2 is 2.33 bits per heavy atom. The van der Waals surface area contributed by atoms with Gasteiger partial charge in [-0.3, -0.25) is 10.1 Å². The van der Waals surface area contributed by atoms with Gasteiger partial charge >= 0.3 is 5.69 Å². The Balaban J connectivity index is 2.91. The number of hydrogen-bond donors (Lipinski definition) is 1. The largest absolute Gasteiger partial charge is 0.484 e. The van der Waals surface area contributed by atoms with Crippen LogP contribution >= 0.6 is 15.9 Å². The summed E-state index contributed by atoms with van der Waals surface area (Å²) in [5.74, 6) is 0.157. The molecule has 1 atom stereocenters. The fourth-order valence-corrected chi connectivity index (χ4v) is 1.31. The van der Waals surface area contributed by atoms with Crippen LogP contribution in [-0.2, 0) is 0 Å². The summed E-state index contributed by atoms with van der Waals surface area (Å²) in [6.45, 7) is 1.58. The average molecular weight is 276 g/mol. The van der Waals surface area contributed by atoms with Gasteiger partial charge in [-0.15, -0.1) is 0 Å². The lowest BCUT2D eigenvalue weighted by molar-refractivity contribution is -0.386. The first-order valence-corrected chi connectivity index (χ1v) is 5.05. The van der Waals surface area contributed by atoms with Gasteiger partial charge < -0.3 is 9.84 Å². The maximum absolute atomic E-state index is 10.7. The van der Waals surface area contributed by atoms with E-state index in [1.54, 1.807) is 13.0 Å². The van der Waals surface area contributed by atoms with Crippen LogP contribution in [0.1, 0.15) is 6.92 Å². The van der Waals surface area contributed by atoms with Crippen molar-refractivity contribution in [2.75, 3.05) is 6.61 Å². The molecule has 0 fully saturated rings. The van der Waals surface area contributed by atoms with Crippen LogP contribution in [0.3, 0.4) is 0 Å². The van der Waals surface area contributed by atoms with Crippen LogP contribution < -0.4 is 4.74 Å². The van der Waals surface area contributed by atoms with Crippen molar-refractivity contribution >= 4 is 21.6 Å². The molecule has 0 amide bonds. The number of aliphatic hydroxyl groups excluding tert-OH is 1. The van der Waals surface area contributed by atoms with Crippen LogP contribution in [-0.4, -0.2) is 22.7 Å². The van der Waals surface area contributed by atoms with Crippen molar-refractivity contribution in [3.05, 3.63) is 32.8 Å². The van der Waals surface area contributed by atoms with E-state index < -0.39 is 11.0 Å². The van der Waals surface area contributed by atoms with Crippen LogP contribution in [0.2, 0.25) is 0 Å². The number of nitro benzene ring substituents is 1. The maximum Gasteiger partial charge on any atom is 0.312 e. The number of nitro groups is 1. The third-order valence-corrected chi connectivity index (χ3v) is 2.09. The molecule has 82 valence electrons. The van der Waals surface area contributed by atoms with Crippen molar-refractivity contribution < 1.29 is 14.8 Å². The molecule has 0 saturated heterocycles. The molecule has 1 aromatic carbocycles. The van der Waals surface area contributed by atoms with E-state index in [0.717, 1.165) is 0 Å². The highest BCUT2D eigenvalue weighted by Crippen LogP contribution is 2.29. The number of rotatable bonds is 4. The summed E-state index contributed by atoms with van der Waals surface area (Å²) in [4.78, 5) is 10.1. The van der Waals surface area contributed by atoms with Gasteiger partial charge in [-0.2, -0.15) is 0 Å². The van der Waals surface area contributed by atoms with Gasteiger partial charge in [-0.1, -0.05) is 15.9 Å². The molecule has 0 saturated carbocycles. The van der Waals surface area contributed by atoms with E-state index in [0.29, 0.717) is 4.47 Å². The lowest BCUT2D eigenvalue weighted by Gasteiger charge is -2.08. The highest BCUT2D eigenvalue weighted by molar-refractivity contribution is 9.10. The Morgan fingerprint density at radius 1 is 1.67 bits per heavy atom. The second kappa shape index (κ2) is 5.09. The quantitative estimate of drug-likeness (QED) is 0.675. The second-order valence-electron chi connectivity index (χ2n) is 3.03. The standard InChI is InChI=1S/C9H10BrNO4/c1-6(12)5-15-9-3-2-7(10)4-8(9)11(13)14/h2-4,6,12H,5H2,1H3/t6-/m1/s1. The number of nitrogens with zero attached hydrogens (tertiary/aromatic N) is 1. The smallest absolute Gasteiger partial charge is 0.312 e. The number of aliphatic hydroxyl groups is 1. The fourth-order valence-electron chi connectivity index (χ4n) is 0.966. The lowest BCUT2D eigenvalue weighted by atomic mass is 10.3. The predicted molar refractivity (Wildman–Crippen MR) is 58.0 cm³/mol. The van der Waals surface area contributed by atoms with E-state index >= 15 is 0 Å². The summed E-state index contributed by atoms with van der Waals surface area (Å²) in [6.07, 6.45) is -0.659. The van der Waals surface area contributed by atoms with Crippen molar-refractivity contribution in [2.24, 2.45) is 0 Å². The maximum atomic E-state index is 10.7. The highest BCUT2D eigenvalue weighted by Gasteiger charge is 2.15. The van der Waals surface area contributed by atoms with Gasteiger partial charge in [0.25, 0.3) is 0 Å². The van der Waals surface area contributed by atoms with E-state index in [2.05, 4.69) is 15.9 Å². The normalized spacial score (nSPS) is 12.2. The molecule has 5 nitrogen and oxygen atoms in total. The zero-order valence-electron chi connectivity index (χ0n) is 8.01. The molecule has 15 heavy (non-hydrogen) atoms. The SMILES string of the molecule is C[C@@H](O)COc1ccc(Br)cc1[N+](=O)[O-]. The molecular weight excluding hydrogens is 266 g/mol. The molecule has 1 N–H and O–H groups in total. The predicted octanol–water partition coefficient (Wildman–Crippen LogP) is 2.12. The van der Waals surface area contributed by atoms with E-state index in [4.69, 9.17) is 9.84 Å². The Labute approximate surface area is 95.0 Å². The van der Waals surface area contributed by atoms with Crippen LogP contribution in [0.5, 0.6) is 5.75 Å². The Kier molecular flexibility index (Phi) is 4.05. The van der Waals surface area contributed by atoms with Gasteiger partial charge in [-0.25, -0.2) is 0 Å². The van der Waals surface area contributed by atoms with Crippen molar-refractivity contribution in [1.29, 1.82) is 0 Å². The molecule has 0 aliphatic heterocycles. The minimum absolute atomic E-state index is 0.0302. The van der Waals surface area contributed by atoms with Crippen molar-refractivity contribution in [2.45, 2.75) is 13.0 Å². The number of hydrogen-bond acceptors (Lipinski definition) is 4. The molecule has 0 spiro atoms. The first-order valence-electron chi connectivity index (χ1n) is 4.25. The summed E-state index contributed by atoms with van der Waals surface area (Å²) < 4.78 is 5.71. The molecule has 0 heterocycles. The third kappa shape index (κ3) is 3.49. The molecule has 0 unspecified atom stereocenters. The zero-order chi connectivity index (χ0) is 11.4. The molecule has 0 aliphatic carbocycles. The molecule has 6 heteroatoms. The molecule has 0 bridgehead atoms. The third-order valence-electron chi connectivity index (χ3n) is 1.60. The number of benzene rings is 1. The summed E-state index contributed by atoms with van der Waals surface area (Å²) in [5, 5.41) is 19.7. The monoisotopic (exact) mass is 275 g/mol. The van der Waals surface area contributed by atoms with Crippen LogP contribution in [0.4, 0.5) is 5.69 Å². The van der Waals surface area contributed by atoms with E-state index in [9.17, 15) is 10.1 Å². The molecule has 0 aromatic heterocycles. The van der Waals surface area contributed by atoms with Gasteiger partial charge in [0, 0.05) is 10.5 Å². The second-order valence-corrected chi connectivity index (χ2v) is 3.94. The summed E-state index contributed by atoms with van der Waals surface area (Å²) in [5.41, 5.74) is -0.120. The van der Waals surface area contributed by atoms with Crippen molar-refractivity contribution in [1.82, 2.24) is 0 Å². The summed E-state index contributed by atoms with van der Waals surface area (Å²) >= 11 is 3.14. The van der Waals surface area contributed by atoms with E-state index in [1.165, 1.54) is 12.1 Å². The van der Waals surface area contributed by atoms with Gasteiger partial charge in [0.2, 0.25) is 0 Å². The topological polar surface area (TPSA) is 72.6 Å². The minimum atomic E-state index is -0.659. The molecule has 0 radical (unpaired) electrons. The van der Waals surface area contributed by atoms with Gasteiger partial charge in [0.15, 0.2) is 5.75 Å². The minimum Gasteiger partial charge on any atom is -0.484 e. The van der Waals surface area contributed by atoms with Gasteiger partial charge in [0.05, 0.1) is 11.0 Å². The first kappa shape index (κ1) is 11.9. The van der Waals surface area contributed by atoms with Crippen LogP contribution in [0.25, 0.3) is 0 Å².